The maximum atomic E-state index is 2.28. The summed E-state index contributed by atoms with van der Waals surface area (Å²) in [6.45, 7) is 4.36. The molecule has 0 aromatic heterocycles. The Balaban J connectivity index is 0. The third-order valence-electron chi connectivity index (χ3n) is 1.66. The molecular weight excluding hydrogens is 203 g/mol. The first-order valence-corrected chi connectivity index (χ1v) is 3.58. The second-order valence-corrected chi connectivity index (χ2v) is 3.14. The molecule has 0 radical (unpaired) electrons. The molecule has 0 saturated carbocycles. The Morgan fingerprint density at radius 3 is 1.90 bits per heavy atom. The number of hydrogen-bond donors (Lipinski definition) is 0. The summed E-state index contributed by atoms with van der Waals surface area (Å²) in [6.07, 6.45) is 3.46. The molecule has 0 bridgehead atoms. The van der Waals surface area contributed by atoms with Gasteiger partial charge in [-0.25, -0.2) is 0 Å². The van der Waals surface area contributed by atoms with Crippen molar-refractivity contribution in [3.05, 3.63) is 21.1 Å². The smallest absolute Gasteiger partial charge is 1.00 e. The van der Waals surface area contributed by atoms with E-state index in [9.17, 15) is 0 Å². The Kier molecular flexibility index (Phi) is 7.26. The molecule has 0 heterocycles. The van der Waals surface area contributed by atoms with E-state index in [-0.39, 0.29) is 24.8 Å². The van der Waals surface area contributed by atoms with Crippen LogP contribution in [0.5, 0.6) is 0 Å². The van der Waals surface area contributed by atoms with Crippen molar-refractivity contribution in [3.63, 3.8) is 0 Å². The standard InChI is InChI=1S/C7H9.2ClH.Ti/c1-6-4-3-5-7(6)2;;;/h4H,3H2,1-2H3;2*1H;/q;;;+2/p-2. The van der Waals surface area contributed by atoms with Crippen LogP contribution in [0.1, 0.15) is 20.3 Å². The Labute approximate surface area is 86.4 Å². The molecular formula is C7H9Cl2Ti. The molecule has 0 atom stereocenters. The quantitative estimate of drug-likeness (QED) is 0.361. The van der Waals surface area contributed by atoms with E-state index in [1.807, 2.05) is 0 Å². The fourth-order valence-corrected chi connectivity index (χ4v) is 1.27. The summed E-state index contributed by atoms with van der Waals surface area (Å²) >= 11 is 2.20. The number of rotatable bonds is 0. The van der Waals surface area contributed by atoms with Gasteiger partial charge in [-0.15, -0.1) is 0 Å². The predicted molar refractivity (Wildman–Crippen MR) is 31.1 cm³/mol. The number of hydrogen-bond acceptors (Lipinski definition) is 0. The normalized spacial score (nSPS) is 15.8. The Hall–Kier alpha value is 0.774. The second kappa shape index (κ2) is 5.43. The van der Waals surface area contributed by atoms with Crippen LogP contribution in [0.25, 0.3) is 0 Å². The van der Waals surface area contributed by atoms with Crippen LogP contribution < -0.4 is 24.8 Å². The van der Waals surface area contributed by atoms with Crippen LogP contribution >= 0.6 is 0 Å². The maximum absolute atomic E-state index is 2.28. The van der Waals surface area contributed by atoms with Gasteiger partial charge in [0.2, 0.25) is 0 Å². The van der Waals surface area contributed by atoms with Crippen LogP contribution in [0.3, 0.4) is 0 Å². The summed E-state index contributed by atoms with van der Waals surface area (Å²) in [5.74, 6) is 0. The van der Waals surface area contributed by atoms with E-state index in [0.717, 1.165) is 0 Å². The van der Waals surface area contributed by atoms with Crippen LogP contribution in [0.15, 0.2) is 21.1 Å². The zero-order chi connectivity index (χ0) is 6.15. The van der Waals surface area contributed by atoms with Crippen molar-refractivity contribution in [2.75, 3.05) is 0 Å². The maximum Gasteiger partial charge on any atom is -1.00 e. The van der Waals surface area contributed by atoms with E-state index in [4.69, 9.17) is 0 Å². The van der Waals surface area contributed by atoms with Crippen molar-refractivity contribution in [2.45, 2.75) is 20.3 Å². The molecule has 55 valence electrons. The first-order chi connectivity index (χ1) is 3.72. The van der Waals surface area contributed by atoms with E-state index in [0.29, 0.717) is 0 Å². The fraction of sp³-hybridized carbons (Fsp3) is 0.429. The largest absolute Gasteiger partial charge is 1.00 e. The summed E-state index contributed by atoms with van der Waals surface area (Å²) in [6, 6.07) is 0. The molecule has 0 saturated heterocycles. The predicted octanol–water partition coefficient (Wildman–Crippen LogP) is -3.83. The van der Waals surface area contributed by atoms with Crippen LogP contribution in [0, 0.1) is 0 Å². The molecule has 0 amide bonds. The molecule has 0 aliphatic heterocycles. The molecule has 1 rings (SSSR count). The van der Waals surface area contributed by atoms with Gasteiger partial charge in [0.05, 0.1) is 0 Å². The van der Waals surface area contributed by atoms with Gasteiger partial charge in [0, 0.05) is 0 Å². The number of halogens is 2. The topological polar surface area (TPSA) is 0 Å². The van der Waals surface area contributed by atoms with Gasteiger partial charge in [0.1, 0.15) is 0 Å². The zero-order valence-corrected chi connectivity index (χ0v) is 9.11. The van der Waals surface area contributed by atoms with Gasteiger partial charge in [0.15, 0.2) is 0 Å². The molecule has 1 aliphatic rings. The molecule has 1 aliphatic carbocycles. The molecule has 0 aromatic rings. The first kappa shape index (κ1) is 13.4. The third-order valence-corrected chi connectivity index (χ3v) is 2.56. The molecule has 0 unspecified atom stereocenters. The van der Waals surface area contributed by atoms with Gasteiger partial charge in [-0.2, -0.15) is 0 Å². The van der Waals surface area contributed by atoms with Gasteiger partial charge in [-0.05, 0) is 0 Å². The SMILES string of the molecule is CC1=CC[C]([Ti+2])=C1C.[Cl-].[Cl-]. The molecule has 10 heavy (non-hydrogen) atoms. The minimum Gasteiger partial charge on any atom is -1.00 e. The van der Waals surface area contributed by atoms with Gasteiger partial charge < -0.3 is 24.8 Å². The van der Waals surface area contributed by atoms with E-state index < -0.39 is 0 Å². The summed E-state index contributed by atoms with van der Waals surface area (Å²) in [4.78, 5) is 0. The summed E-state index contributed by atoms with van der Waals surface area (Å²) in [5.41, 5.74) is 2.95. The zero-order valence-electron chi connectivity index (χ0n) is 6.04. The van der Waals surface area contributed by atoms with Crippen LogP contribution in [-0.4, -0.2) is 0 Å². The monoisotopic (exact) mass is 211 g/mol. The van der Waals surface area contributed by atoms with Crippen molar-refractivity contribution >= 4 is 0 Å². The average molecular weight is 212 g/mol. The number of allylic oxidation sites excluding steroid dienone is 4. The van der Waals surface area contributed by atoms with Gasteiger partial charge >= 0.3 is 61.8 Å². The Morgan fingerprint density at radius 2 is 1.80 bits per heavy atom. The van der Waals surface area contributed by atoms with Crippen molar-refractivity contribution in [3.8, 4) is 0 Å². The van der Waals surface area contributed by atoms with E-state index in [1.54, 1.807) is 0 Å². The molecule has 0 nitrogen and oxygen atoms in total. The van der Waals surface area contributed by atoms with Crippen molar-refractivity contribution in [1.29, 1.82) is 0 Å². The van der Waals surface area contributed by atoms with E-state index in [1.165, 1.54) is 21.4 Å². The summed E-state index contributed by atoms with van der Waals surface area (Å²) in [7, 11) is 0. The molecule has 0 fully saturated rings. The molecule has 3 heteroatoms. The Morgan fingerprint density at radius 1 is 1.30 bits per heavy atom. The molecule has 0 spiro atoms. The Bertz CT molecular complexity index is 165. The van der Waals surface area contributed by atoms with Crippen LogP contribution in [0.2, 0.25) is 0 Å². The van der Waals surface area contributed by atoms with E-state index in [2.05, 4.69) is 40.4 Å². The van der Waals surface area contributed by atoms with Crippen LogP contribution in [-0.2, 0) is 20.4 Å². The van der Waals surface area contributed by atoms with Crippen molar-refractivity contribution in [1.82, 2.24) is 0 Å². The second-order valence-electron chi connectivity index (χ2n) is 2.19. The summed E-state index contributed by atoms with van der Waals surface area (Å²) < 4.78 is 1.53. The van der Waals surface area contributed by atoms with Gasteiger partial charge in [-0.1, -0.05) is 0 Å². The van der Waals surface area contributed by atoms with Crippen molar-refractivity contribution < 1.29 is 45.2 Å². The minimum absolute atomic E-state index is 0. The molecule has 0 aromatic carbocycles. The van der Waals surface area contributed by atoms with Crippen molar-refractivity contribution in [2.24, 2.45) is 0 Å². The van der Waals surface area contributed by atoms with Crippen LogP contribution in [0.4, 0.5) is 0 Å². The van der Waals surface area contributed by atoms with E-state index >= 15 is 0 Å². The first-order valence-electron chi connectivity index (χ1n) is 2.80. The average Bonchev–Trinajstić information content (AvgIpc) is 1.98. The molecule has 0 N–H and O–H groups in total. The summed E-state index contributed by atoms with van der Waals surface area (Å²) in [5, 5.41) is 0. The van der Waals surface area contributed by atoms with Gasteiger partial charge in [-0.3, -0.25) is 0 Å². The van der Waals surface area contributed by atoms with Gasteiger partial charge in [0.25, 0.3) is 0 Å². The third kappa shape index (κ3) is 2.80. The minimum atomic E-state index is 0. The fourth-order valence-electron chi connectivity index (χ4n) is 0.799.